The molecular weight excluding hydrogens is 290 g/mol. The molecule has 2 heterocycles. The Balaban J connectivity index is 1.47. The molecule has 0 bridgehead atoms. The van der Waals surface area contributed by atoms with E-state index in [9.17, 15) is 0 Å². The predicted octanol–water partition coefficient (Wildman–Crippen LogP) is 2.98. The second-order valence-corrected chi connectivity index (χ2v) is 5.92. The summed E-state index contributed by atoms with van der Waals surface area (Å²) in [6.07, 6.45) is 6.07. The zero-order chi connectivity index (χ0) is 15.6. The fourth-order valence-corrected chi connectivity index (χ4v) is 2.66. The molecule has 2 aromatic heterocycles. The van der Waals surface area contributed by atoms with E-state index in [0.29, 0.717) is 18.4 Å². The smallest absolute Gasteiger partial charge is 0.230 e. The molecule has 1 aromatic carbocycles. The number of aromatic nitrogens is 4. The molecule has 23 heavy (non-hydrogen) atoms. The molecule has 0 saturated heterocycles. The minimum absolute atomic E-state index is 0.145. The third kappa shape index (κ3) is 3.03. The Labute approximate surface area is 134 Å². The summed E-state index contributed by atoms with van der Waals surface area (Å²) in [7, 11) is 0. The van der Waals surface area contributed by atoms with E-state index < -0.39 is 0 Å². The highest BCUT2D eigenvalue weighted by Gasteiger charge is 2.29. The molecule has 0 spiro atoms. The highest BCUT2D eigenvalue weighted by Crippen LogP contribution is 2.39. The molecule has 0 aliphatic heterocycles. The Morgan fingerprint density at radius 3 is 2.91 bits per heavy atom. The van der Waals surface area contributed by atoms with Gasteiger partial charge in [-0.05, 0) is 37.5 Å². The first kappa shape index (κ1) is 14.1. The van der Waals surface area contributed by atoms with Crippen molar-refractivity contribution >= 4 is 0 Å². The van der Waals surface area contributed by atoms with Gasteiger partial charge in [0.05, 0.1) is 12.2 Å². The lowest BCUT2D eigenvalue weighted by Crippen LogP contribution is -2.20. The molecule has 1 aliphatic carbocycles. The second kappa shape index (κ2) is 5.96. The van der Waals surface area contributed by atoms with Crippen molar-refractivity contribution in [2.75, 3.05) is 0 Å². The van der Waals surface area contributed by atoms with Gasteiger partial charge >= 0.3 is 0 Å². The van der Waals surface area contributed by atoms with Crippen molar-refractivity contribution < 1.29 is 4.42 Å². The Kier molecular flexibility index (Phi) is 3.67. The molecule has 6 heteroatoms. The molecule has 1 saturated carbocycles. The molecule has 0 amide bonds. The van der Waals surface area contributed by atoms with Crippen LogP contribution in [0.3, 0.4) is 0 Å². The van der Waals surface area contributed by atoms with Crippen LogP contribution in [0.4, 0.5) is 0 Å². The van der Waals surface area contributed by atoms with Gasteiger partial charge < -0.3 is 9.73 Å². The number of nitrogens with zero attached hydrogens (tertiary/aromatic N) is 4. The van der Waals surface area contributed by atoms with Crippen molar-refractivity contribution in [2.24, 2.45) is 0 Å². The number of rotatable bonds is 6. The van der Waals surface area contributed by atoms with Crippen molar-refractivity contribution in [1.29, 1.82) is 0 Å². The SMILES string of the molecule is CC(NCc1nnc(C2CC2)o1)c1ccccc1-n1cccn1. The monoisotopic (exact) mass is 309 g/mol. The first-order valence-electron chi connectivity index (χ1n) is 7.96. The molecule has 1 fully saturated rings. The van der Waals surface area contributed by atoms with Crippen LogP contribution in [0, 0.1) is 0 Å². The van der Waals surface area contributed by atoms with Gasteiger partial charge in [-0.3, -0.25) is 0 Å². The van der Waals surface area contributed by atoms with E-state index in [1.807, 2.05) is 29.1 Å². The number of benzene rings is 1. The van der Waals surface area contributed by atoms with Gasteiger partial charge in [-0.25, -0.2) is 4.68 Å². The minimum atomic E-state index is 0.145. The average molecular weight is 309 g/mol. The molecular formula is C17H19N5O. The molecule has 1 aliphatic rings. The molecule has 0 radical (unpaired) electrons. The Hall–Kier alpha value is -2.47. The second-order valence-electron chi connectivity index (χ2n) is 5.92. The third-order valence-electron chi connectivity index (χ3n) is 4.12. The summed E-state index contributed by atoms with van der Waals surface area (Å²) in [5.41, 5.74) is 2.25. The van der Waals surface area contributed by atoms with E-state index in [4.69, 9.17) is 4.42 Å². The Morgan fingerprint density at radius 2 is 2.13 bits per heavy atom. The van der Waals surface area contributed by atoms with Crippen LogP contribution in [-0.2, 0) is 6.54 Å². The maximum Gasteiger partial charge on any atom is 0.230 e. The molecule has 1 N–H and O–H groups in total. The lowest BCUT2D eigenvalue weighted by atomic mass is 10.1. The van der Waals surface area contributed by atoms with Gasteiger partial charge in [-0.2, -0.15) is 5.10 Å². The van der Waals surface area contributed by atoms with E-state index in [-0.39, 0.29) is 6.04 Å². The standard InChI is InChI=1S/C17H19N5O/c1-12(18-11-16-20-21-17(23-16)13-7-8-13)14-5-2-3-6-15(14)22-10-4-9-19-22/h2-6,9-10,12-13,18H,7-8,11H2,1H3. The summed E-state index contributed by atoms with van der Waals surface area (Å²) in [6, 6.07) is 10.3. The fraction of sp³-hybridized carbons (Fsp3) is 0.353. The maximum absolute atomic E-state index is 5.69. The number of hydrogen-bond donors (Lipinski definition) is 1. The summed E-state index contributed by atoms with van der Waals surface area (Å²) in [5.74, 6) is 1.93. The van der Waals surface area contributed by atoms with Crippen molar-refractivity contribution in [1.82, 2.24) is 25.3 Å². The van der Waals surface area contributed by atoms with Crippen LogP contribution in [0.2, 0.25) is 0 Å². The highest BCUT2D eigenvalue weighted by atomic mass is 16.4. The topological polar surface area (TPSA) is 68.8 Å². The normalized spacial score (nSPS) is 15.7. The Bertz CT molecular complexity index is 776. The zero-order valence-corrected chi connectivity index (χ0v) is 13.0. The molecule has 1 atom stereocenters. The van der Waals surface area contributed by atoms with Crippen LogP contribution in [0.15, 0.2) is 47.1 Å². The highest BCUT2D eigenvalue weighted by molar-refractivity contribution is 5.42. The molecule has 3 aromatic rings. The van der Waals surface area contributed by atoms with Gasteiger partial charge in [0.25, 0.3) is 0 Å². The minimum Gasteiger partial charge on any atom is -0.424 e. The summed E-state index contributed by atoms with van der Waals surface area (Å²) in [4.78, 5) is 0. The molecule has 1 unspecified atom stereocenters. The number of para-hydroxylation sites is 1. The fourth-order valence-electron chi connectivity index (χ4n) is 2.66. The first-order chi connectivity index (χ1) is 11.3. The van der Waals surface area contributed by atoms with Crippen molar-refractivity contribution in [2.45, 2.75) is 38.3 Å². The summed E-state index contributed by atoms with van der Waals surface area (Å²) in [6.45, 7) is 2.69. The van der Waals surface area contributed by atoms with Gasteiger partial charge in [0, 0.05) is 24.4 Å². The average Bonchev–Trinajstić information content (AvgIpc) is 3.11. The maximum atomic E-state index is 5.69. The number of nitrogens with one attached hydrogen (secondary N) is 1. The summed E-state index contributed by atoms with van der Waals surface area (Å²) >= 11 is 0. The first-order valence-corrected chi connectivity index (χ1v) is 7.96. The van der Waals surface area contributed by atoms with Crippen LogP contribution in [0.1, 0.15) is 49.1 Å². The van der Waals surface area contributed by atoms with Crippen LogP contribution in [-0.4, -0.2) is 20.0 Å². The van der Waals surface area contributed by atoms with Crippen LogP contribution in [0.5, 0.6) is 0 Å². The molecule has 4 rings (SSSR count). The van der Waals surface area contributed by atoms with E-state index in [1.54, 1.807) is 6.20 Å². The third-order valence-corrected chi connectivity index (χ3v) is 4.12. The molecule has 118 valence electrons. The van der Waals surface area contributed by atoms with Gasteiger partial charge in [-0.15, -0.1) is 10.2 Å². The van der Waals surface area contributed by atoms with Crippen molar-refractivity contribution in [3.8, 4) is 5.69 Å². The van der Waals surface area contributed by atoms with E-state index in [2.05, 4.69) is 39.7 Å². The zero-order valence-electron chi connectivity index (χ0n) is 13.0. The van der Waals surface area contributed by atoms with E-state index in [0.717, 1.165) is 11.6 Å². The largest absolute Gasteiger partial charge is 0.424 e. The van der Waals surface area contributed by atoms with Crippen LogP contribution >= 0.6 is 0 Å². The quantitative estimate of drug-likeness (QED) is 0.758. The van der Waals surface area contributed by atoms with Gasteiger partial charge in [-0.1, -0.05) is 18.2 Å². The van der Waals surface area contributed by atoms with Gasteiger partial charge in [0.15, 0.2) is 0 Å². The molecule has 6 nitrogen and oxygen atoms in total. The van der Waals surface area contributed by atoms with Crippen molar-refractivity contribution in [3.63, 3.8) is 0 Å². The predicted molar refractivity (Wildman–Crippen MR) is 85.1 cm³/mol. The van der Waals surface area contributed by atoms with Crippen LogP contribution in [0.25, 0.3) is 5.69 Å². The van der Waals surface area contributed by atoms with Crippen molar-refractivity contribution in [3.05, 3.63) is 60.1 Å². The van der Waals surface area contributed by atoms with E-state index in [1.165, 1.54) is 18.4 Å². The summed E-state index contributed by atoms with van der Waals surface area (Å²) < 4.78 is 7.57. The van der Waals surface area contributed by atoms with Gasteiger partial charge in [0.2, 0.25) is 11.8 Å². The summed E-state index contributed by atoms with van der Waals surface area (Å²) in [5, 5.41) is 16.0. The Morgan fingerprint density at radius 1 is 1.26 bits per heavy atom. The lowest BCUT2D eigenvalue weighted by Gasteiger charge is -2.17. The number of hydrogen-bond acceptors (Lipinski definition) is 5. The van der Waals surface area contributed by atoms with Gasteiger partial charge in [0.1, 0.15) is 0 Å². The lowest BCUT2D eigenvalue weighted by molar-refractivity contribution is 0.419. The van der Waals surface area contributed by atoms with Crippen LogP contribution < -0.4 is 5.32 Å². The van der Waals surface area contributed by atoms with E-state index >= 15 is 0 Å².